The van der Waals surface area contributed by atoms with Gasteiger partial charge in [0.1, 0.15) is 0 Å². The molecule has 1 saturated heterocycles. The van der Waals surface area contributed by atoms with E-state index in [4.69, 9.17) is 4.74 Å². The van der Waals surface area contributed by atoms with Gasteiger partial charge >= 0.3 is 0 Å². The number of nitro groups is 1. The van der Waals surface area contributed by atoms with Gasteiger partial charge in [0.2, 0.25) is 5.91 Å². The van der Waals surface area contributed by atoms with Crippen LogP contribution in [-0.2, 0) is 9.53 Å². The number of anilines is 1. The van der Waals surface area contributed by atoms with E-state index >= 15 is 0 Å². The number of nitro benzene ring substituents is 1. The van der Waals surface area contributed by atoms with Gasteiger partial charge in [0, 0.05) is 25.3 Å². The summed E-state index contributed by atoms with van der Waals surface area (Å²) in [4.78, 5) is 22.1. The lowest BCUT2D eigenvalue weighted by Gasteiger charge is -2.11. The third-order valence-electron chi connectivity index (χ3n) is 3.39. The lowest BCUT2D eigenvalue weighted by molar-refractivity contribution is -0.384. The zero-order valence-corrected chi connectivity index (χ0v) is 11.9. The molecule has 2 rings (SSSR count). The monoisotopic (exact) mass is 293 g/mol. The molecule has 0 aliphatic carbocycles. The van der Waals surface area contributed by atoms with Crippen LogP contribution in [-0.4, -0.2) is 36.6 Å². The van der Waals surface area contributed by atoms with Crippen LogP contribution in [0.5, 0.6) is 0 Å². The van der Waals surface area contributed by atoms with Crippen molar-refractivity contribution >= 4 is 17.3 Å². The van der Waals surface area contributed by atoms with E-state index in [1.807, 2.05) is 0 Å². The number of carbonyl (C=O) groups is 1. The van der Waals surface area contributed by atoms with E-state index in [0.29, 0.717) is 12.2 Å². The smallest absolute Gasteiger partial charge is 0.271 e. The molecule has 114 valence electrons. The molecule has 0 aromatic heterocycles. The number of rotatable bonds is 6. The lowest BCUT2D eigenvalue weighted by Crippen LogP contribution is -2.33. The van der Waals surface area contributed by atoms with E-state index in [2.05, 4.69) is 10.6 Å². The Morgan fingerprint density at radius 3 is 3.00 bits per heavy atom. The Morgan fingerprint density at radius 2 is 2.33 bits per heavy atom. The average molecular weight is 293 g/mol. The van der Waals surface area contributed by atoms with Crippen molar-refractivity contribution in [2.24, 2.45) is 0 Å². The molecule has 1 unspecified atom stereocenters. The Bertz CT molecular complexity index is 527. The summed E-state index contributed by atoms with van der Waals surface area (Å²) in [5.74, 6) is -0.225. The van der Waals surface area contributed by atoms with E-state index in [9.17, 15) is 14.9 Å². The lowest BCUT2D eigenvalue weighted by atomic mass is 10.2. The largest absolute Gasteiger partial charge is 0.377 e. The molecule has 7 heteroatoms. The molecule has 1 aliphatic heterocycles. The second-order valence-corrected chi connectivity index (χ2v) is 5.07. The number of nitrogens with one attached hydrogen (secondary N) is 2. The SMILES string of the molecule is Cc1ccc([N+](=O)[O-])cc1NC(=O)CNCC1CCCO1. The van der Waals surface area contributed by atoms with Crippen LogP contribution in [0.15, 0.2) is 18.2 Å². The van der Waals surface area contributed by atoms with Crippen molar-refractivity contribution in [3.05, 3.63) is 33.9 Å². The summed E-state index contributed by atoms with van der Waals surface area (Å²) in [6.07, 6.45) is 2.25. The van der Waals surface area contributed by atoms with Crippen molar-refractivity contribution in [1.82, 2.24) is 5.32 Å². The first kappa shape index (κ1) is 15.4. The predicted octanol–water partition coefficient (Wildman–Crippen LogP) is 1.61. The van der Waals surface area contributed by atoms with E-state index in [1.54, 1.807) is 13.0 Å². The fraction of sp³-hybridized carbons (Fsp3) is 0.500. The summed E-state index contributed by atoms with van der Waals surface area (Å²) in [5.41, 5.74) is 1.21. The normalized spacial score (nSPS) is 17.7. The van der Waals surface area contributed by atoms with E-state index in [1.165, 1.54) is 12.1 Å². The maximum absolute atomic E-state index is 11.8. The van der Waals surface area contributed by atoms with E-state index in [0.717, 1.165) is 25.0 Å². The molecule has 0 bridgehead atoms. The zero-order chi connectivity index (χ0) is 15.2. The van der Waals surface area contributed by atoms with Gasteiger partial charge < -0.3 is 15.4 Å². The van der Waals surface area contributed by atoms with Crippen LogP contribution in [0.2, 0.25) is 0 Å². The van der Waals surface area contributed by atoms with E-state index in [-0.39, 0.29) is 24.2 Å². The number of hydrogen-bond donors (Lipinski definition) is 2. The summed E-state index contributed by atoms with van der Waals surface area (Å²) < 4.78 is 5.45. The molecule has 1 atom stereocenters. The topological polar surface area (TPSA) is 93.5 Å². The maximum atomic E-state index is 11.8. The van der Waals surface area contributed by atoms with Crippen molar-refractivity contribution in [3.63, 3.8) is 0 Å². The molecule has 1 aromatic carbocycles. The van der Waals surface area contributed by atoms with Gasteiger partial charge in [0.05, 0.1) is 23.3 Å². The number of amides is 1. The average Bonchev–Trinajstić information content (AvgIpc) is 2.94. The first-order valence-electron chi connectivity index (χ1n) is 6.93. The maximum Gasteiger partial charge on any atom is 0.271 e. The summed E-state index contributed by atoms with van der Waals surface area (Å²) in [6.45, 7) is 3.37. The number of ether oxygens (including phenoxy) is 1. The Balaban J connectivity index is 1.84. The van der Waals surface area contributed by atoms with Crippen molar-refractivity contribution in [3.8, 4) is 0 Å². The van der Waals surface area contributed by atoms with Crippen LogP contribution >= 0.6 is 0 Å². The van der Waals surface area contributed by atoms with Crippen LogP contribution in [0.1, 0.15) is 18.4 Å². The van der Waals surface area contributed by atoms with E-state index < -0.39 is 4.92 Å². The Kier molecular flexibility index (Phi) is 5.24. The second-order valence-electron chi connectivity index (χ2n) is 5.07. The van der Waals surface area contributed by atoms with Gasteiger partial charge in [-0.25, -0.2) is 0 Å². The first-order chi connectivity index (χ1) is 10.1. The van der Waals surface area contributed by atoms with Gasteiger partial charge in [0.25, 0.3) is 5.69 Å². The van der Waals surface area contributed by atoms with Crippen LogP contribution in [0.3, 0.4) is 0 Å². The van der Waals surface area contributed by atoms with Crippen LogP contribution in [0.4, 0.5) is 11.4 Å². The molecule has 1 amide bonds. The molecule has 7 nitrogen and oxygen atoms in total. The summed E-state index contributed by atoms with van der Waals surface area (Å²) in [5, 5.41) is 16.5. The molecule has 0 saturated carbocycles. The van der Waals surface area contributed by atoms with Crippen molar-refractivity contribution < 1.29 is 14.5 Å². The molecule has 2 N–H and O–H groups in total. The Labute approximate surface area is 122 Å². The number of hydrogen-bond acceptors (Lipinski definition) is 5. The van der Waals surface area contributed by atoms with Crippen LogP contribution in [0.25, 0.3) is 0 Å². The first-order valence-corrected chi connectivity index (χ1v) is 6.93. The van der Waals surface area contributed by atoms with Crippen molar-refractivity contribution in [1.29, 1.82) is 0 Å². The quantitative estimate of drug-likeness (QED) is 0.614. The fourth-order valence-corrected chi connectivity index (χ4v) is 2.20. The molecule has 0 spiro atoms. The number of benzene rings is 1. The van der Waals surface area contributed by atoms with Gasteiger partial charge in [0.15, 0.2) is 0 Å². The van der Waals surface area contributed by atoms with Gasteiger partial charge in [-0.1, -0.05) is 6.07 Å². The van der Waals surface area contributed by atoms with Gasteiger partial charge in [-0.05, 0) is 25.3 Å². The number of non-ortho nitro benzene ring substituents is 1. The van der Waals surface area contributed by atoms with Crippen LogP contribution < -0.4 is 10.6 Å². The summed E-state index contributed by atoms with van der Waals surface area (Å²) in [7, 11) is 0. The number of aryl methyl sites for hydroxylation is 1. The van der Waals surface area contributed by atoms with Gasteiger partial charge in [-0.3, -0.25) is 14.9 Å². The molecule has 1 aromatic rings. The molecule has 1 fully saturated rings. The minimum atomic E-state index is -0.481. The van der Waals surface area contributed by atoms with Crippen LogP contribution in [0, 0.1) is 17.0 Å². The highest BCUT2D eigenvalue weighted by molar-refractivity contribution is 5.93. The molecule has 0 radical (unpaired) electrons. The second kappa shape index (κ2) is 7.14. The highest BCUT2D eigenvalue weighted by Gasteiger charge is 2.15. The van der Waals surface area contributed by atoms with Crippen molar-refractivity contribution in [2.45, 2.75) is 25.9 Å². The minimum absolute atomic E-state index is 0.0387. The third kappa shape index (κ3) is 4.51. The third-order valence-corrected chi connectivity index (χ3v) is 3.39. The van der Waals surface area contributed by atoms with Crippen molar-refractivity contribution in [2.75, 3.05) is 25.0 Å². The minimum Gasteiger partial charge on any atom is -0.377 e. The van der Waals surface area contributed by atoms with Gasteiger partial charge in [-0.15, -0.1) is 0 Å². The fourth-order valence-electron chi connectivity index (χ4n) is 2.20. The predicted molar refractivity (Wildman–Crippen MR) is 78.3 cm³/mol. The highest BCUT2D eigenvalue weighted by atomic mass is 16.6. The highest BCUT2D eigenvalue weighted by Crippen LogP contribution is 2.21. The summed E-state index contributed by atoms with van der Waals surface area (Å²) >= 11 is 0. The molecule has 1 aliphatic rings. The number of carbonyl (C=O) groups excluding carboxylic acids is 1. The molecule has 21 heavy (non-hydrogen) atoms. The summed E-state index contributed by atoms with van der Waals surface area (Å²) in [6, 6.07) is 4.40. The zero-order valence-electron chi connectivity index (χ0n) is 11.9. The molecular weight excluding hydrogens is 274 g/mol. The van der Waals surface area contributed by atoms with Gasteiger partial charge in [-0.2, -0.15) is 0 Å². The molecule has 1 heterocycles. The Morgan fingerprint density at radius 1 is 1.52 bits per heavy atom. The Hall–Kier alpha value is -1.99. The molecular formula is C14H19N3O4. The standard InChI is InChI=1S/C14H19N3O4/c1-10-4-5-11(17(19)20)7-13(10)16-14(18)9-15-8-12-3-2-6-21-12/h4-5,7,12,15H,2-3,6,8-9H2,1H3,(H,16,18). The number of nitrogens with zero attached hydrogens (tertiary/aromatic N) is 1.